The summed E-state index contributed by atoms with van der Waals surface area (Å²) >= 11 is 12.8. The lowest BCUT2D eigenvalue weighted by Gasteiger charge is -2.41. The molecule has 0 saturated carbocycles. The van der Waals surface area contributed by atoms with Crippen LogP contribution in [0.4, 0.5) is 0 Å². The predicted octanol–water partition coefficient (Wildman–Crippen LogP) is 6.32. The summed E-state index contributed by atoms with van der Waals surface area (Å²) in [6, 6.07) is 26.8. The van der Waals surface area contributed by atoms with Crippen molar-refractivity contribution >= 4 is 45.0 Å². The highest BCUT2D eigenvalue weighted by Crippen LogP contribution is 2.46. The van der Waals surface area contributed by atoms with Crippen molar-refractivity contribution in [2.45, 2.75) is 42.8 Å². The zero-order valence-electron chi connectivity index (χ0n) is 23.9. The molecule has 0 saturated heterocycles. The Hall–Kier alpha value is -3.95. The van der Waals surface area contributed by atoms with Gasteiger partial charge in [0.15, 0.2) is 0 Å². The van der Waals surface area contributed by atoms with Gasteiger partial charge in [-0.1, -0.05) is 102 Å². The zero-order valence-corrected chi connectivity index (χ0v) is 26.2. The van der Waals surface area contributed by atoms with Crippen molar-refractivity contribution < 1.29 is 18.0 Å². The van der Waals surface area contributed by atoms with Crippen molar-refractivity contribution in [3.8, 4) is 0 Å². The molecule has 10 heteroatoms. The first-order valence-electron chi connectivity index (χ1n) is 14.0. The normalized spacial score (nSPS) is 17.8. The highest BCUT2D eigenvalue weighted by molar-refractivity contribution is 7.89. The molecule has 0 aliphatic carbocycles. The monoisotopic (exact) mass is 647 g/mol. The molecule has 0 aromatic heterocycles. The van der Waals surface area contributed by atoms with E-state index in [1.165, 1.54) is 4.31 Å². The molecule has 4 aromatic rings. The average molecular weight is 649 g/mol. The summed E-state index contributed by atoms with van der Waals surface area (Å²) in [6.07, 6.45) is 2.06. The van der Waals surface area contributed by atoms with Crippen LogP contribution in [0, 0.1) is 6.92 Å². The van der Waals surface area contributed by atoms with Gasteiger partial charge in [0.1, 0.15) is 6.04 Å². The van der Waals surface area contributed by atoms with Crippen molar-refractivity contribution in [2.75, 3.05) is 0 Å². The van der Waals surface area contributed by atoms with Gasteiger partial charge in [-0.15, -0.1) is 0 Å². The maximum Gasteiger partial charge on any atom is 0.249 e. The molecule has 3 atom stereocenters. The van der Waals surface area contributed by atoms with E-state index in [4.69, 9.17) is 28.9 Å². The second-order valence-corrected chi connectivity index (χ2v) is 13.3. The smallest absolute Gasteiger partial charge is 0.249 e. The molecular formula is C34H31Cl2N3O4S. The van der Waals surface area contributed by atoms with E-state index in [9.17, 15) is 18.0 Å². The van der Waals surface area contributed by atoms with Gasteiger partial charge in [-0.05, 0) is 65.9 Å². The van der Waals surface area contributed by atoms with E-state index in [0.29, 0.717) is 26.7 Å². The number of rotatable bonds is 9. The fraction of sp³-hybridized carbons (Fsp3) is 0.176. The molecule has 44 heavy (non-hydrogen) atoms. The first kappa shape index (κ1) is 31.5. The lowest BCUT2D eigenvalue weighted by atomic mass is 9.88. The molecule has 3 N–H and O–H groups in total. The molecule has 1 unspecified atom stereocenters. The lowest BCUT2D eigenvalue weighted by Crippen LogP contribution is -2.49. The van der Waals surface area contributed by atoms with Crippen LogP contribution in [-0.4, -0.2) is 30.6 Å². The Labute approximate surface area is 267 Å². The number of hydrogen-bond donors (Lipinski definition) is 2. The van der Waals surface area contributed by atoms with Crippen LogP contribution in [0.5, 0.6) is 0 Å². The first-order chi connectivity index (χ1) is 21.1. The molecule has 0 fully saturated rings. The molecule has 7 nitrogen and oxygen atoms in total. The van der Waals surface area contributed by atoms with Gasteiger partial charge < -0.3 is 11.1 Å². The molecule has 2 amide bonds. The van der Waals surface area contributed by atoms with E-state index in [-0.39, 0.29) is 23.3 Å². The summed E-state index contributed by atoms with van der Waals surface area (Å²) in [4.78, 5) is 26.7. The Morgan fingerprint density at radius 1 is 0.886 bits per heavy atom. The van der Waals surface area contributed by atoms with Gasteiger partial charge >= 0.3 is 0 Å². The van der Waals surface area contributed by atoms with Crippen LogP contribution in [0.15, 0.2) is 120 Å². The van der Waals surface area contributed by atoms with Crippen LogP contribution in [0.1, 0.15) is 40.8 Å². The number of amides is 2. The van der Waals surface area contributed by atoms with E-state index < -0.39 is 40.0 Å². The SMILES string of the molecule is Cc1ccccc1S(=O)(=O)N1C(c2cccc(Cl)c2)C(C(=O)N[C@@H](Cc2ccccc2)C(N)=O)=CC[C@H]1c1cccc(Cl)c1. The van der Waals surface area contributed by atoms with E-state index in [1.54, 1.807) is 79.7 Å². The van der Waals surface area contributed by atoms with E-state index in [0.717, 1.165) is 5.56 Å². The standard InChI is InChI=1S/C34H31Cl2N3O4S/c1-22-9-5-6-16-31(22)44(42,43)39-30(24-12-7-14-26(35)20-24)18-17-28(32(39)25-13-8-15-27(36)21-25)34(41)38-29(33(37)40)19-23-10-3-2-4-11-23/h2-17,20-21,29-30,32H,18-19H2,1H3,(H2,37,40)(H,38,41)/t29-,30-,32?/m0/s1. The molecule has 226 valence electrons. The summed E-state index contributed by atoms with van der Waals surface area (Å²) in [7, 11) is -4.24. The van der Waals surface area contributed by atoms with Crippen LogP contribution < -0.4 is 11.1 Å². The number of sulfonamides is 1. The first-order valence-corrected chi connectivity index (χ1v) is 16.2. The molecule has 1 aliphatic heterocycles. The molecule has 0 spiro atoms. The molecular weight excluding hydrogens is 617 g/mol. The Morgan fingerprint density at radius 2 is 1.50 bits per heavy atom. The largest absolute Gasteiger partial charge is 0.368 e. The van der Waals surface area contributed by atoms with Crippen molar-refractivity contribution in [1.29, 1.82) is 0 Å². The number of carbonyl (C=O) groups excluding carboxylic acids is 2. The number of benzene rings is 4. The van der Waals surface area contributed by atoms with Gasteiger partial charge in [-0.3, -0.25) is 9.59 Å². The van der Waals surface area contributed by atoms with Crippen LogP contribution in [-0.2, 0) is 26.0 Å². The van der Waals surface area contributed by atoms with Gasteiger partial charge in [0.05, 0.1) is 17.0 Å². The zero-order chi connectivity index (χ0) is 31.4. The number of nitrogens with one attached hydrogen (secondary N) is 1. The number of carbonyl (C=O) groups is 2. The van der Waals surface area contributed by atoms with E-state index in [1.807, 2.05) is 36.4 Å². The topological polar surface area (TPSA) is 110 Å². The second-order valence-electron chi connectivity index (χ2n) is 10.6. The minimum Gasteiger partial charge on any atom is -0.368 e. The quantitative estimate of drug-likeness (QED) is 0.222. The van der Waals surface area contributed by atoms with Crippen LogP contribution >= 0.6 is 23.2 Å². The summed E-state index contributed by atoms with van der Waals surface area (Å²) in [5.74, 6) is -1.32. The molecule has 4 aromatic carbocycles. The van der Waals surface area contributed by atoms with Crippen LogP contribution in [0.25, 0.3) is 0 Å². The minimum atomic E-state index is -4.24. The van der Waals surface area contributed by atoms with Crippen LogP contribution in [0.2, 0.25) is 10.0 Å². The Kier molecular flexibility index (Phi) is 9.56. The number of hydrogen-bond acceptors (Lipinski definition) is 4. The molecule has 0 radical (unpaired) electrons. The Morgan fingerprint density at radius 3 is 2.14 bits per heavy atom. The summed E-state index contributed by atoms with van der Waals surface area (Å²) < 4.78 is 30.8. The van der Waals surface area contributed by atoms with E-state index in [2.05, 4.69) is 5.32 Å². The fourth-order valence-electron chi connectivity index (χ4n) is 5.57. The number of halogens is 2. The van der Waals surface area contributed by atoms with Gasteiger partial charge in [-0.25, -0.2) is 8.42 Å². The second kappa shape index (κ2) is 13.4. The number of nitrogens with zero attached hydrogens (tertiary/aromatic N) is 1. The molecule has 5 rings (SSSR count). The maximum absolute atomic E-state index is 14.7. The highest BCUT2D eigenvalue weighted by atomic mass is 35.5. The van der Waals surface area contributed by atoms with Gasteiger partial charge in [-0.2, -0.15) is 4.31 Å². The Balaban J connectivity index is 1.66. The van der Waals surface area contributed by atoms with Crippen LogP contribution in [0.3, 0.4) is 0 Å². The van der Waals surface area contributed by atoms with Crippen molar-refractivity contribution in [3.63, 3.8) is 0 Å². The number of nitrogens with two attached hydrogens (primary N) is 1. The van der Waals surface area contributed by atoms with Crippen molar-refractivity contribution in [3.05, 3.63) is 147 Å². The fourth-order valence-corrected chi connectivity index (χ4v) is 7.97. The third-order valence-electron chi connectivity index (χ3n) is 7.66. The number of aryl methyl sites for hydroxylation is 1. The number of primary amides is 1. The third-order valence-corrected chi connectivity index (χ3v) is 10.2. The highest BCUT2D eigenvalue weighted by Gasteiger charge is 2.45. The summed E-state index contributed by atoms with van der Waals surface area (Å²) in [5, 5.41) is 3.60. The van der Waals surface area contributed by atoms with E-state index >= 15 is 0 Å². The minimum absolute atomic E-state index is 0.111. The van der Waals surface area contributed by atoms with Gasteiger partial charge in [0, 0.05) is 22.0 Å². The van der Waals surface area contributed by atoms with Crippen molar-refractivity contribution in [2.24, 2.45) is 5.73 Å². The average Bonchev–Trinajstić information content (AvgIpc) is 3.00. The lowest BCUT2D eigenvalue weighted by molar-refractivity contribution is -0.125. The Bertz CT molecular complexity index is 1830. The summed E-state index contributed by atoms with van der Waals surface area (Å²) in [5.41, 5.74) is 8.39. The molecule has 0 bridgehead atoms. The third kappa shape index (κ3) is 6.74. The van der Waals surface area contributed by atoms with Crippen molar-refractivity contribution in [1.82, 2.24) is 9.62 Å². The molecule has 1 aliphatic rings. The van der Waals surface area contributed by atoms with Gasteiger partial charge in [0.2, 0.25) is 21.8 Å². The predicted molar refractivity (Wildman–Crippen MR) is 173 cm³/mol. The molecule has 1 heterocycles. The summed E-state index contributed by atoms with van der Waals surface area (Å²) in [6.45, 7) is 1.73. The maximum atomic E-state index is 14.7. The van der Waals surface area contributed by atoms with Gasteiger partial charge in [0.25, 0.3) is 0 Å².